The van der Waals surface area contributed by atoms with E-state index in [9.17, 15) is 9.59 Å². The molecule has 2 aromatic carbocycles. The Morgan fingerprint density at radius 3 is 2.52 bits per heavy atom. The molecule has 0 spiro atoms. The predicted octanol–water partition coefficient (Wildman–Crippen LogP) is 4.71. The van der Waals surface area contributed by atoms with Gasteiger partial charge in [0.1, 0.15) is 5.75 Å². The van der Waals surface area contributed by atoms with Crippen LogP contribution in [0, 0.1) is 5.41 Å². The molecule has 1 N–H and O–H groups in total. The molecule has 1 aliphatic rings. The number of carbonyl (C=O) groups is 2. The molecule has 0 atom stereocenters. The predicted molar refractivity (Wildman–Crippen MR) is 115 cm³/mol. The largest absolute Gasteiger partial charge is 0.490 e. The fourth-order valence-electron chi connectivity index (χ4n) is 2.78. The quantitative estimate of drug-likeness (QED) is 0.551. The minimum absolute atomic E-state index is 0.00851. The van der Waals surface area contributed by atoms with Crippen LogP contribution in [0.4, 0.5) is 5.69 Å². The lowest BCUT2D eigenvalue weighted by Gasteiger charge is -2.15. The summed E-state index contributed by atoms with van der Waals surface area (Å²) in [6, 6.07) is 13.9. The third-order valence-electron chi connectivity index (χ3n) is 4.03. The first-order valence-corrected chi connectivity index (χ1v) is 10.1. The fourth-order valence-corrected chi connectivity index (χ4v) is 3.64. The van der Waals surface area contributed by atoms with Crippen LogP contribution in [-0.2, 0) is 9.53 Å². The molecule has 1 saturated heterocycles. The Bertz CT molecular complexity index is 967. The van der Waals surface area contributed by atoms with E-state index in [1.54, 1.807) is 37.3 Å². The highest BCUT2D eigenvalue weighted by Gasteiger charge is 2.33. The van der Waals surface area contributed by atoms with Crippen molar-refractivity contribution in [1.29, 1.82) is 5.41 Å². The molecule has 150 valence electrons. The van der Waals surface area contributed by atoms with Crippen molar-refractivity contribution in [1.82, 2.24) is 0 Å². The number of amidine groups is 1. The summed E-state index contributed by atoms with van der Waals surface area (Å²) in [5.74, 6) is -0.0194. The second-order valence-corrected chi connectivity index (χ2v) is 7.56. The zero-order chi connectivity index (χ0) is 21.0. The van der Waals surface area contributed by atoms with Crippen molar-refractivity contribution in [3.05, 3.63) is 64.6 Å². The van der Waals surface area contributed by atoms with Gasteiger partial charge in [0.15, 0.2) is 5.17 Å². The Morgan fingerprint density at radius 1 is 1.17 bits per heavy atom. The van der Waals surface area contributed by atoms with E-state index in [1.807, 2.05) is 38.1 Å². The molecule has 2 aromatic rings. The lowest BCUT2D eigenvalue weighted by molar-refractivity contribution is -0.113. The van der Waals surface area contributed by atoms with Gasteiger partial charge in [-0.15, -0.1) is 0 Å². The van der Waals surface area contributed by atoms with Crippen LogP contribution in [0.2, 0.25) is 0 Å². The third kappa shape index (κ3) is 4.68. The molecule has 7 heteroatoms. The van der Waals surface area contributed by atoms with Crippen LogP contribution in [0.15, 0.2) is 53.4 Å². The van der Waals surface area contributed by atoms with Crippen molar-refractivity contribution in [3.63, 3.8) is 0 Å². The highest BCUT2D eigenvalue weighted by Crippen LogP contribution is 2.36. The molecule has 0 aromatic heterocycles. The van der Waals surface area contributed by atoms with Gasteiger partial charge < -0.3 is 9.47 Å². The van der Waals surface area contributed by atoms with Gasteiger partial charge in [0.2, 0.25) is 0 Å². The first-order chi connectivity index (χ1) is 13.9. The number of nitrogens with zero attached hydrogens (tertiary/aromatic N) is 1. The topological polar surface area (TPSA) is 79.7 Å². The third-order valence-corrected chi connectivity index (χ3v) is 4.92. The number of para-hydroxylation sites is 1. The number of anilines is 1. The average molecular weight is 410 g/mol. The van der Waals surface area contributed by atoms with Gasteiger partial charge >= 0.3 is 5.97 Å². The number of carbonyl (C=O) groups excluding carboxylic acids is 2. The maximum atomic E-state index is 12.9. The highest BCUT2D eigenvalue weighted by atomic mass is 32.2. The lowest BCUT2D eigenvalue weighted by Crippen LogP contribution is -2.28. The summed E-state index contributed by atoms with van der Waals surface area (Å²) in [4.78, 5) is 26.5. The van der Waals surface area contributed by atoms with Gasteiger partial charge in [-0.05, 0) is 68.9 Å². The van der Waals surface area contributed by atoms with Gasteiger partial charge in [-0.1, -0.05) is 18.2 Å². The summed E-state index contributed by atoms with van der Waals surface area (Å²) in [6.45, 7) is 5.92. The van der Waals surface area contributed by atoms with E-state index in [2.05, 4.69) is 0 Å². The SMILES string of the molecule is CCOC(=O)c1ccc(N2C(=N)SC(=Cc3ccccc3OC(C)C)C2=O)cc1. The first-order valence-electron chi connectivity index (χ1n) is 9.26. The molecule has 29 heavy (non-hydrogen) atoms. The zero-order valence-corrected chi connectivity index (χ0v) is 17.3. The van der Waals surface area contributed by atoms with E-state index < -0.39 is 5.97 Å². The maximum Gasteiger partial charge on any atom is 0.338 e. The highest BCUT2D eigenvalue weighted by molar-refractivity contribution is 8.19. The summed E-state index contributed by atoms with van der Waals surface area (Å²) < 4.78 is 10.8. The van der Waals surface area contributed by atoms with Crippen molar-refractivity contribution in [3.8, 4) is 5.75 Å². The summed E-state index contributed by atoms with van der Waals surface area (Å²) in [5.41, 5.74) is 1.71. The van der Waals surface area contributed by atoms with E-state index in [1.165, 1.54) is 4.90 Å². The Hall–Kier alpha value is -3.06. The molecule has 0 radical (unpaired) electrons. The molecule has 0 saturated carbocycles. The second kappa shape index (κ2) is 8.96. The summed E-state index contributed by atoms with van der Waals surface area (Å²) in [7, 11) is 0. The van der Waals surface area contributed by atoms with E-state index in [-0.39, 0.29) is 17.2 Å². The van der Waals surface area contributed by atoms with Crippen LogP contribution in [-0.4, -0.2) is 29.8 Å². The van der Waals surface area contributed by atoms with Crippen molar-refractivity contribution in [2.24, 2.45) is 0 Å². The Balaban J connectivity index is 1.85. The van der Waals surface area contributed by atoms with Gasteiger partial charge in [0.25, 0.3) is 5.91 Å². The maximum absolute atomic E-state index is 12.9. The molecular weight excluding hydrogens is 388 g/mol. The first kappa shape index (κ1) is 20.7. The number of benzene rings is 2. The van der Waals surface area contributed by atoms with Crippen molar-refractivity contribution >= 4 is 40.6 Å². The molecule has 6 nitrogen and oxygen atoms in total. The molecule has 1 amide bonds. The van der Waals surface area contributed by atoms with Crippen molar-refractivity contribution < 1.29 is 19.1 Å². The van der Waals surface area contributed by atoms with Crippen LogP contribution >= 0.6 is 11.8 Å². The molecule has 0 bridgehead atoms. The van der Waals surface area contributed by atoms with Crippen LogP contribution < -0.4 is 9.64 Å². The number of nitrogens with one attached hydrogen (secondary N) is 1. The molecule has 0 aliphatic carbocycles. The number of esters is 1. The molecule has 0 unspecified atom stereocenters. The summed E-state index contributed by atoms with van der Waals surface area (Å²) in [6.07, 6.45) is 1.75. The van der Waals surface area contributed by atoms with E-state index in [4.69, 9.17) is 14.9 Å². The second-order valence-electron chi connectivity index (χ2n) is 6.53. The van der Waals surface area contributed by atoms with Crippen LogP contribution in [0.1, 0.15) is 36.7 Å². The normalized spacial score (nSPS) is 15.3. The number of hydrogen-bond acceptors (Lipinski definition) is 6. The van der Waals surface area contributed by atoms with Crippen molar-refractivity contribution in [2.45, 2.75) is 26.9 Å². The lowest BCUT2D eigenvalue weighted by atomic mass is 10.1. The Labute approximate surface area is 174 Å². The Morgan fingerprint density at radius 2 is 1.86 bits per heavy atom. The van der Waals surface area contributed by atoms with Gasteiger partial charge in [-0.3, -0.25) is 15.1 Å². The van der Waals surface area contributed by atoms with E-state index in [0.717, 1.165) is 17.3 Å². The number of ether oxygens (including phenoxy) is 2. The van der Waals surface area contributed by atoms with Gasteiger partial charge in [0.05, 0.1) is 28.9 Å². The molecule has 1 heterocycles. The fraction of sp³-hybridized carbons (Fsp3) is 0.227. The zero-order valence-electron chi connectivity index (χ0n) is 16.5. The van der Waals surface area contributed by atoms with Crippen molar-refractivity contribution in [2.75, 3.05) is 11.5 Å². The molecule has 3 rings (SSSR count). The summed E-state index contributed by atoms with van der Waals surface area (Å²) >= 11 is 1.09. The minimum atomic E-state index is -0.418. The van der Waals surface area contributed by atoms with Crippen LogP contribution in [0.5, 0.6) is 5.75 Å². The molecular formula is C22H22N2O4S. The minimum Gasteiger partial charge on any atom is -0.490 e. The number of amides is 1. The Kier molecular flexibility index (Phi) is 6.39. The van der Waals surface area contributed by atoms with Gasteiger partial charge in [-0.2, -0.15) is 0 Å². The van der Waals surface area contributed by atoms with E-state index >= 15 is 0 Å². The molecule has 1 aliphatic heterocycles. The molecule has 1 fully saturated rings. The van der Waals surface area contributed by atoms with E-state index in [0.29, 0.717) is 28.5 Å². The van der Waals surface area contributed by atoms with Gasteiger partial charge in [-0.25, -0.2) is 4.79 Å². The number of hydrogen-bond donors (Lipinski definition) is 1. The number of rotatable bonds is 6. The summed E-state index contributed by atoms with van der Waals surface area (Å²) in [5, 5.41) is 8.35. The van der Waals surface area contributed by atoms with Crippen LogP contribution in [0.25, 0.3) is 6.08 Å². The monoisotopic (exact) mass is 410 g/mol. The average Bonchev–Trinajstić information content (AvgIpc) is 2.96. The smallest absolute Gasteiger partial charge is 0.338 e. The number of thioether (sulfide) groups is 1. The van der Waals surface area contributed by atoms with Gasteiger partial charge in [0, 0.05) is 5.56 Å². The standard InChI is InChI=1S/C22H22N2O4S/c1-4-27-21(26)15-9-11-17(12-10-15)24-20(25)19(29-22(24)23)13-16-7-5-6-8-18(16)28-14(2)3/h5-14,23H,4H2,1-3H3. The van der Waals surface area contributed by atoms with Crippen LogP contribution in [0.3, 0.4) is 0 Å².